The topological polar surface area (TPSA) is 76.2 Å². The number of non-ortho nitro benzene ring substituents is 1. The molecule has 1 unspecified atom stereocenters. The molecular formula is C12H12N2O3. The van der Waals surface area contributed by atoms with E-state index in [1.54, 1.807) is 12.1 Å². The molecule has 0 aromatic heterocycles. The Kier molecular flexibility index (Phi) is 3.24. The number of hydrogen-bond acceptors (Lipinski definition) is 4. The molecule has 0 radical (unpaired) electrons. The number of rotatable bonds is 3. The molecule has 17 heavy (non-hydrogen) atoms. The lowest BCUT2D eigenvalue weighted by Crippen LogP contribution is -2.22. The molecule has 0 amide bonds. The number of nitro benzene ring substituents is 1. The number of nitriles is 1. The summed E-state index contributed by atoms with van der Waals surface area (Å²) in [5.41, 5.74) is 0.982. The number of benzene rings is 1. The maximum atomic E-state index is 10.6. The van der Waals surface area contributed by atoms with E-state index < -0.39 is 4.92 Å². The maximum absolute atomic E-state index is 10.6. The number of ether oxygens (including phenoxy) is 1. The van der Waals surface area contributed by atoms with Crippen LogP contribution in [0.5, 0.6) is 5.75 Å². The molecule has 1 aromatic carbocycles. The minimum absolute atomic E-state index is 0.0589. The van der Waals surface area contributed by atoms with Gasteiger partial charge in [-0.15, -0.1) is 0 Å². The monoisotopic (exact) mass is 232 g/mol. The molecule has 0 saturated carbocycles. The predicted molar refractivity (Wildman–Crippen MR) is 60.7 cm³/mol. The van der Waals surface area contributed by atoms with Crippen molar-refractivity contribution >= 4 is 5.69 Å². The molecule has 88 valence electrons. The Bertz CT molecular complexity index is 479. The second-order valence-corrected chi connectivity index (χ2v) is 4.02. The molecule has 0 fully saturated rings. The number of nitro groups is 1. The SMILES string of the molecule is N#CCCC1CCc2cc([N+](=O)[O-])ccc2O1. The van der Waals surface area contributed by atoms with E-state index in [1.165, 1.54) is 6.07 Å². The first-order chi connectivity index (χ1) is 8.20. The van der Waals surface area contributed by atoms with Gasteiger partial charge in [-0.25, -0.2) is 0 Å². The molecule has 1 aliphatic heterocycles. The molecule has 0 N–H and O–H groups in total. The zero-order chi connectivity index (χ0) is 12.3. The van der Waals surface area contributed by atoms with Crippen LogP contribution >= 0.6 is 0 Å². The van der Waals surface area contributed by atoms with Crippen molar-refractivity contribution < 1.29 is 9.66 Å². The van der Waals surface area contributed by atoms with E-state index in [9.17, 15) is 10.1 Å². The molecule has 5 heteroatoms. The Morgan fingerprint density at radius 1 is 1.59 bits per heavy atom. The minimum atomic E-state index is -0.401. The second kappa shape index (κ2) is 4.83. The van der Waals surface area contributed by atoms with Crippen LogP contribution in [0.25, 0.3) is 0 Å². The molecule has 1 aliphatic rings. The first-order valence-corrected chi connectivity index (χ1v) is 5.51. The zero-order valence-electron chi connectivity index (χ0n) is 9.26. The van der Waals surface area contributed by atoms with Gasteiger partial charge in [-0.3, -0.25) is 10.1 Å². The lowest BCUT2D eigenvalue weighted by Gasteiger charge is -2.25. The van der Waals surface area contributed by atoms with Crippen molar-refractivity contribution in [3.8, 4) is 11.8 Å². The Morgan fingerprint density at radius 2 is 2.41 bits per heavy atom. The second-order valence-electron chi connectivity index (χ2n) is 4.02. The Labute approximate surface area is 98.8 Å². The summed E-state index contributed by atoms with van der Waals surface area (Å²) < 4.78 is 5.70. The van der Waals surface area contributed by atoms with Gasteiger partial charge in [-0.05, 0) is 25.3 Å². The van der Waals surface area contributed by atoms with Crippen LogP contribution in [0.3, 0.4) is 0 Å². The first-order valence-electron chi connectivity index (χ1n) is 5.51. The lowest BCUT2D eigenvalue weighted by molar-refractivity contribution is -0.385. The van der Waals surface area contributed by atoms with Crippen molar-refractivity contribution in [1.82, 2.24) is 0 Å². The van der Waals surface area contributed by atoms with Gasteiger partial charge in [0, 0.05) is 24.1 Å². The Balaban J connectivity index is 2.12. The summed E-state index contributed by atoms with van der Waals surface area (Å²) in [6.45, 7) is 0. The molecule has 0 spiro atoms. The number of fused-ring (bicyclic) bond motifs is 1. The van der Waals surface area contributed by atoms with Gasteiger partial charge in [0.05, 0.1) is 11.0 Å². The molecule has 1 aromatic rings. The highest BCUT2D eigenvalue weighted by molar-refractivity contribution is 5.44. The van der Waals surface area contributed by atoms with Crippen LogP contribution in [0, 0.1) is 21.4 Å². The Hall–Kier alpha value is -2.09. The van der Waals surface area contributed by atoms with Crippen LogP contribution in [0.2, 0.25) is 0 Å². The third-order valence-corrected chi connectivity index (χ3v) is 2.86. The average molecular weight is 232 g/mol. The smallest absolute Gasteiger partial charge is 0.269 e. The summed E-state index contributed by atoms with van der Waals surface area (Å²) >= 11 is 0. The van der Waals surface area contributed by atoms with Gasteiger partial charge >= 0.3 is 0 Å². The zero-order valence-corrected chi connectivity index (χ0v) is 9.26. The highest BCUT2D eigenvalue weighted by Gasteiger charge is 2.21. The van der Waals surface area contributed by atoms with E-state index in [0.717, 1.165) is 18.4 Å². The predicted octanol–water partition coefficient (Wildman–Crippen LogP) is 2.59. The molecule has 0 aliphatic carbocycles. The minimum Gasteiger partial charge on any atom is -0.490 e. The normalized spacial score (nSPS) is 17.7. The van der Waals surface area contributed by atoms with E-state index in [0.29, 0.717) is 18.6 Å². The molecule has 1 atom stereocenters. The maximum Gasteiger partial charge on any atom is 0.269 e. The number of hydrogen-bond donors (Lipinski definition) is 0. The third-order valence-electron chi connectivity index (χ3n) is 2.86. The Morgan fingerprint density at radius 3 is 3.12 bits per heavy atom. The largest absolute Gasteiger partial charge is 0.490 e. The average Bonchev–Trinajstić information content (AvgIpc) is 2.35. The van der Waals surface area contributed by atoms with Crippen molar-refractivity contribution in [2.75, 3.05) is 0 Å². The van der Waals surface area contributed by atoms with Crippen LogP contribution in [0.1, 0.15) is 24.8 Å². The standard InChI is InChI=1S/C12H12N2O3/c13-7-1-2-11-5-3-9-8-10(14(15)16)4-6-12(9)17-11/h4,6,8,11H,1-3,5H2. The van der Waals surface area contributed by atoms with Crippen molar-refractivity contribution in [2.24, 2.45) is 0 Å². The quantitative estimate of drug-likeness (QED) is 0.592. The van der Waals surface area contributed by atoms with E-state index >= 15 is 0 Å². The molecule has 0 bridgehead atoms. The summed E-state index contributed by atoms with van der Waals surface area (Å²) in [5.74, 6) is 0.713. The first kappa shape index (κ1) is 11.4. The molecule has 1 heterocycles. The van der Waals surface area contributed by atoms with Crippen LogP contribution in [-0.2, 0) is 6.42 Å². The van der Waals surface area contributed by atoms with Gasteiger partial charge in [-0.2, -0.15) is 5.26 Å². The van der Waals surface area contributed by atoms with Crippen molar-refractivity contribution in [1.29, 1.82) is 5.26 Å². The van der Waals surface area contributed by atoms with E-state index in [2.05, 4.69) is 6.07 Å². The molecule has 5 nitrogen and oxygen atoms in total. The highest BCUT2D eigenvalue weighted by Crippen LogP contribution is 2.31. The molecule has 0 saturated heterocycles. The fourth-order valence-electron chi connectivity index (χ4n) is 1.97. The summed E-state index contributed by atoms with van der Waals surface area (Å²) in [4.78, 5) is 10.2. The van der Waals surface area contributed by atoms with Gasteiger partial charge < -0.3 is 4.74 Å². The van der Waals surface area contributed by atoms with E-state index in [4.69, 9.17) is 10.00 Å². The number of nitrogens with zero attached hydrogens (tertiary/aromatic N) is 2. The van der Waals surface area contributed by atoms with Gasteiger partial charge in [0.15, 0.2) is 0 Å². The number of aryl methyl sites for hydroxylation is 1. The van der Waals surface area contributed by atoms with Crippen molar-refractivity contribution in [3.05, 3.63) is 33.9 Å². The van der Waals surface area contributed by atoms with E-state index in [-0.39, 0.29) is 11.8 Å². The lowest BCUT2D eigenvalue weighted by atomic mass is 9.99. The van der Waals surface area contributed by atoms with Gasteiger partial charge in [0.1, 0.15) is 11.9 Å². The van der Waals surface area contributed by atoms with Crippen LogP contribution in [0.4, 0.5) is 5.69 Å². The van der Waals surface area contributed by atoms with Crippen molar-refractivity contribution in [2.45, 2.75) is 31.8 Å². The highest BCUT2D eigenvalue weighted by atomic mass is 16.6. The van der Waals surface area contributed by atoms with Gasteiger partial charge in [0.2, 0.25) is 0 Å². The summed E-state index contributed by atoms with van der Waals surface area (Å²) in [5, 5.41) is 19.1. The fourth-order valence-corrected chi connectivity index (χ4v) is 1.97. The summed E-state index contributed by atoms with van der Waals surface area (Å²) in [6.07, 6.45) is 2.84. The van der Waals surface area contributed by atoms with Gasteiger partial charge in [-0.1, -0.05) is 0 Å². The van der Waals surface area contributed by atoms with E-state index in [1.807, 2.05) is 0 Å². The fraction of sp³-hybridized carbons (Fsp3) is 0.417. The van der Waals surface area contributed by atoms with Crippen molar-refractivity contribution in [3.63, 3.8) is 0 Å². The summed E-state index contributed by atoms with van der Waals surface area (Å²) in [7, 11) is 0. The van der Waals surface area contributed by atoms with Crippen LogP contribution in [-0.4, -0.2) is 11.0 Å². The van der Waals surface area contributed by atoms with Gasteiger partial charge in [0.25, 0.3) is 5.69 Å². The summed E-state index contributed by atoms with van der Waals surface area (Å²) in [6, 6.07) is 6.75. The van der Waals surface area contributed by atoms with Crippen LogP contribution in [0.15, 0.2) is 18.2 Å². The third kappa shape index (κ3) is 2.53. The molecular weight excluding hydrogens is 220 g/mol. The van der Waals surface area contributed by atoms with Crippen LogP contribution < -0.4 is 4.74 Å². The molecule has 2 rings (SSSR count).